The second-order valence-electron chi connectivity index (χ2n) is 2.70. The van der Waals surface area contributed by atoms with Crippen LogP contribution in [0.5, 0.6) is 0 Å². The molecule has 0 amide bonds. The molecule has 80 valence electrons. The van der Waals surface area contributed by atoms with Gasteiger partial charge in [-0.25, -0.2) is 4.79 Å². The van der Waals surface area contributed by atoms with Crippen molar-refractivity contribution in [2.75, 3.05) is 0 Å². The normalized spacial score (nSPS) is 12.1. The number of carboxylic acids is 1. The lowest BCUT2D eigenvalue weighted by molar-refractivity contribution is -0.386. The van der Waals surface area contributed by atoms with E-state index < -0.39 is 22.7 Å². The minimum Gasteiger partial charge on any atom is -0.479 e. The molecule has 0 heterocycles. The number of nitro benzene ring substituents is 1. The summed E-state index contributed by atoms with van der Waals surface area (Å²) in [6.45, 7) is 0. The molecule has 0 aliphatic carbocycles. The molecule has 0 aromatic heterocycles. The molecule has 0 fully saturated rings. The Bertz CT molecular complexity index is 419. The summed E-state index contributed by atoms with van der Waals surface area (Å²) in [6, 6.07) is 3.37. The molecule has 6 nitrogen and oxygen atoms in total. The number of carbonyl (C=O) groups is 1. The van der Waals surface area contributed by atoms with E-state index in [4.69, 9.17) is 16.7 Å². The standard InChI is InChI=1S/C8H6ClNO5/c9-4-1-2-5(7(11)8(12)13)6(3-4)10(14)15/h1-3,7,11H,(H,12,13). The Morgan fingerprint density at radius 1 is 1.53 bits per heavy atom. The second-order valence-corrected chi connectivity index (χ2v) is 3.14. The Hall–Kier alpha value is -1.66. The minimum atomic E-state index is -1.93. The van der Waals surface area contributed by atoms with E-state index in [2.05, 4.69) is 0 Å². The van der Waals surface area contributed by atoms with E-state index in [0.717, 1.165) is 12.1 Å². The molecule has 7 heteroatoms. The van der Waals surface area contributed by atoms with Gasteiger partial charge in [-0.3, -0.25) is 10.1 Å². The maximum atomic E-state index is 10.5. The molecular formula is C8H6ClNO5. The van der Waals surface area contributed by atoms with Crippen molar-refractivity contribution in [1.82, 2.24) is 0 Å². The van der Waals surface area contributed by atoms with Crippen LogP contribution in [-0.2, 0) is 4.79 Å². The monoisotopic (exact) mass is 231 g/mol. The average Bonchev–Trinajstić information content (AvgIpc) is 2.16. The Balaban J connectivity index is 3.28. The van der Waals surface area contributed by atoms with Crippen LogP contribution in [-0.4, -0.2) is 21.1 Å². The summed E-state index contributed by atoms with van der Waals surface area (Å²) in [6.07, 6.45) is -1.93. The highest BCUT2D eigenvalue weighted by molar-refractivity contribution is 6.30. The Morgan fingerprint density at radius 3 is 2.60 bits per heavy atom. The summed E-state index contributed by atoms with van der Waals surface area (Å²) < 4.78 is 0. The SMILES string of the molecule is O=C(O)C(O)c1ccc(Cl)cc1[N+](=O)[O-]. The third-order valence-corrected chi connectivity index (χ3v) is 1.95. The number of nitrogens with zero attached hydrogens (tertiary/aromatic N) is 1. The van der Waals surface area contributed by atoms with E-state index in [-0.39, 0.29) is 10.6 Å². The molecule has 0 saturated carbocycles. The van der Waals surface area contributed by atoms with Crippen molar-refractivity contribution < 1.29 is 19.9 Å². The summed E-state index contributed by atoms with van der Waals surface area (Å²) in [4.78, 5) is 20.2. The number of nitro groups is 1. The first kappa shape index (κ1) is 11.4. The van der Waals surface area contributed by atoms with Crippen molar-refractivity contribution in [2.24, 2.45) is 0 Å². The van der Waals surface area contributed by atoms with E-state index in [1.54, 1.807) is 0 Å². The number of hydrogen-bond donors (Lipinski definition) is 2. The van der Waals surface area contributed by atoms with Crippen molar-refractivity contribution >= 4 is 23.3 Å². The number of rotatable bonds is 3. The number of carboxylic acid groups (broad SMARTS) is 1. The maximum Gasteiger partial charge on any atom is 0.337 e. The van der Waals surface area contributed by atoms with Crippen molar-refractivity contribution in [3.05, 3.63) is 38.9 Å². The molecule has 0 bridgehead atoms. The summed E-state index contributed by atoms with van der Waals surface area (Å²) in [5.41, 5.74) is -0.811. The molecule has 0 aliphatic rings. The van der Waals surface area contributed by atoms with Crippen molar-refractivity contribution in [3.63, 3.8) is 0 Å². The maximum absolute atomic E-state index is 10.5. The van der Waals surface area contributed by atoms with Crippen LogP contribution in [0, 0.1) is 10.1 Å². The number of benzene rings is 1. The Kier molecular flexibility index (Phi) is 3.23. The van der Waals surface area contributed by atoms with Gasteiger partial charge in [-0.05, 0) is 12.1 Å². The molecule has 2 N–H and O–H groups in total. The Labute approximate surface area is 88.9 Å². The van der Waals surface area contributed by atoms with Gasteiger partial charge < -0.3 is 10.2 Å². The zero-order valence-corrected chi connectivity index (χ0v) is 8.01. The first-order chi connectivity index (χ1) is 6.93. The zero-order valence-electron chi connectivity index (χ0n) is 7.25. The Morgan fingerprint density at radius 2 is 2.13 bits per heavy atom. The quantitative estimate of drug-likeness (QED) is 0.604. The van der Waals surface area contributed by atoms with Crippen LogP contribution in [0.25, 0.3) is 0 Å². The van der Waals surface area contributed by atoms with Crippen LogP contribution >= 0.6 is 11.6 Å². The molecular weight excluding hydrogens is 226 g/mol. The second kappa shape index (κ2) is 4.24. The first-order valence-electron chi connectivity index (χ1n) is 3.78. The fourth-order valence-corrected chi connectivity index (χ4v) is 1.21. The van der Waals surface area contributed by atoms with Crippen LogP contribution in [0.4, 0.5) is 5.69 Å². The fourth-order valence-electron chi connectivity index (χ4n) is 1.04. The van der Waals surface area contributed by atoms with Crippen LogP contribution in [0.3, 0.4) is 0 Å². The van der Waals surface area contributed by atoms with Gasteiger partial charge in [0.15, 0.2) is 6.10 Å². The molecule has 0 radical (unpaired) electrons. The lowest BCUT2D eigenvalue weighted by atomic mass is 10.1. The minimum absolute atomic E-state index is 0.100. The molecule has 15 heavy (non-hydrogen) atoms. The lowest BCUT2D eigenvalue weighted by Crippen LogP contribution is -2.12. The van der Waals surface area contributed by atoms with E-state index in [1.807, 2.05) is 0 Å². The summed E-state index contributed by atoms with van der Waals surface area (Å²) in [7, 11) is 0. The molecule has 0 spiro atoms. The predicted molar refractivity (Wildman–Crippen MR) is 50.7 cm³/mol. The van der Waals surface area contributed by atoms with Gasteiger partial charge >= 0.3 is 5.97 Å². The van der Waals surface area contributed by atoms with Crippen LogP contribution < -0.4 is 0 Å². The van der Waals surface area contributed by atoms with Gasteiger partial charge in [-0.1, -0.05) is 11.6 Å². The molecule has 1 aromatic carbocycles. The van der Waals surface area contributed by atoms with Gasteiger partial charge in [0.25, 0.3) is 5.69 Å². The molecule has 1 aromatic rings. The number of halogens is 1. The number of hydrogen-bond acceptors (Lipinski definition) is 4. The van der Waals surface area contributed by atoms with Crippen LogP contribution in [0.15, 0.2) is 18.2 Å². The summed E-state index contributed by atoms with van der Waals surface area (Å²) >= 11 is 5.51. The highest BCUT2D eigenvalue weighted by Crippen LogP contribution is 2.28. The number of aliphatic hydroxyl groups is 1. The van der Waals surface area contributed by atoms with Gasteiger partial charge in [-0.15, -0.1) is 0 Å². The fraction of sp³-hybridized carbons (Fsp3) is 0.125. The topological polar surface area (TPSA) is 101 Å². The average molecular weight is 232 g/mol. The van der Waals surface area contributed by atoms with E-state index >= 15 is 0 Å². The van der Waals surface area contributed by atoms with E-state index in [9.17, 15) is 20.0 Å². The van der Waals surface area contributed by atoms with Crippen LogP contribution in [0.1, 0.15) is 11.7 Å². The van der Waals surface area contributed by atoms with Gasteiger partial charge in [0.2, 0.25) is 0 Å². The molecule has 1 unspecified atom stereocenters. The molecule has 1 atom stereocenters. The summed E-state index contributed by atoms with van der Waals surface area (Å²) in [5.74, 6) is -1.56. The number of aliphatic hydroxyl groups excluding tert-OH is 1. The van der Waals surface area contributed by atoms with Gasteiger partial charge in [0, 0.05) is 11.1 Å². The predicted octanol–water partition coefficient (Wildman–Crippen LogP) is 1.37. The highest BCUT2D eigenvalue weighted by atomic mass is 35.5. The van der Waals surface area contributed by atoms with Crippen molar-refractivity contribution in [2.45, 2.75) is 6.10 Å². The van der Waals surface area contributed by atoms with E-state index in [0.29, 0.717) is 0 Å². The highest BCUT2D eigenvalue weighted by Gasteiger charge is 2.25. The van der Waals surface area contributed by atoms with E-state index in [1.165, 1.54) is 6.07 Å². The smallest absolute Gasteiger partial charge is 0.337 e. The van der Waals surface area contributed by atoms with Gasteiger partial charge in [0.05, 0.1) is 10.5 Å². The van der Waals surface area contributed by atoms with Gasteiger partial charge in [0.1, 0.15) is 0 Å². The zero-order chi connectivity index (χ0) is 11.6. The summed E-state index contributed by atoms with van der Waals surface area (Å²) in [5, 5.41) is 28.3. The molecule has 0 aliphatic heterocycles. The third kappa shape index (κ3) is 2.42. The van der Waals surface area contributed by atoms with Crippen molar-refractivity contribution in [3.8, 4) is 0 Å². The number of aliphatic carboxylic acids is 1. The third-order valence-electron chi connectivity index (χ3n) is 1.72. The van der Waals surface area contributed by atoms with Crippen LogP contribution in [0.2, 0.25) is 5.02 Å². The largest absolute Gasteiger partial charge is 0.479 e. The van der Waals surface area contributed by atoms with Crippen molar-refractivity contribution in [1.29, 1.82) is 0 Å². The molecule has 0 saturated heterocycles. The molecule has 1 rings (SSSR count). The first-order valence-corrected chi connectivity index (χ1v) is 4.16. The van der Waals surface area contributed by atoms with Gasteiger partial charge in [-0.2, -0.15) is 0 Å². The lowest BCUT2D eigenvalue weighted by Gasteiger charge is -2.06.